The Balaban J connectivity index is 1.48. The van der Waals surface area contributed by atoms with Crippen LogP contribution in [0.1, 0.15) is 5.56 Å². The summed E-state index contributed by atoms with van der Waals surface area (Å²) >= 11 is 0. The Labute approximate surface area is 141 Å². The summed E-state index contributed by atoms with van der Waals surface area (Å²) in [6, 6.07) is 10.4. The van der Waals surface area contributed by atoms with E-state index in [1.54, 1.807) is 22.7 Å². The number of anilines is 1. The Morgan fingerprint density at radius 1 is 1.12 bits per heavy atom. The Hall–Kier alpha value is -3.29. The lowest BCUT2D eigenvalue weighted by Gasteiger charge is -2.17. The van der Waals surface area contributed by atoms with Crippen LogP contribution in [-0.4, -0.2) is 32.8 Å². The Kier molecular flexibility index (Phi) is 3.03. The van der Waals surface area contributed by atoms with Gasteiger partial charge in [0.1, 0.15) is 19.0 Å². The molecular weight excluding hydrogens is 325 g/mol. The van der Waals surface area contributed by atoms with Crippen molar-refractivity contribution in [3.63, 3.8) is 0 Å². The van der Waals surface area contributed by atoms with Crippen molar-refractivity contribution in [2.75, 3.05) is 18.5 Å². The highest BCUT2D eigenvalue weighted by molar-refractivity contribution is 5.83. The maximum Gasteiger partial charge on any atom is 0.253 e. The summed E-state index contributed by atoms with van der Waals surface area (Å²) in [6.45, 7) is 1.39. The molecule has 0 saturated heterocycles. The summed E-state index contributed by atoms with van der Waals surface area (Å²) in [5, 5.41) is 6.21. The highest BCUT2D eigenvalue weighted by atomic mass is 19.1. The average molecular weight is 339 g/mol. The molecule has 0 fully saturated rings. The van der Waals surface area contributed by atoms with Crippen molar-refractivity contribution in [2.45, 2.75) is 6.54 Å². The van der Waals surface area contributed by atoms with Gasteiger partial charge >= 0.3 is 0 Å². The van der Waals surface area contributed by atoms with Crippen LogP contribution in [0.25, 0.3) is 16.8 Å². The lowest BCUT2D eigenvalue weighted by molar-refractivity contribution is 0.172. The Morgan fingerprint density at radius 3 is 2.76 bits per heavy atom. The fraction of sp³-hybridized carbons (Fsp3) is 0.176. The lowest BCUT2D eigenvalue weighted by Crippen LogP contribution is -2.15. The standard InChI is InChI=1S/C17H14FN5O2/c18-11-4-2-1-3-10(11)9-19-16-21-17-20-12-7-14-15(25-6-5-24-14)8-13(12)23(17)22-16/h1-4,7-8H,5-6,9H2,(H2,19,20,21,22). The maximum absolute atomic E-state index is 13.7. The van der Waals surface area contributed by atoms with Crippen LogP contribution in [-0.2, 0) is 6.54 Å². The zero-order valence-corrected chi connectivity index (χ0v) is 13.1. The minimum Gasteiger partial charge on any atom is -0.486 e. The molecule has 0 amide bonds. The van der Waals surface area contributed by atoms with Crippen molar-refractivity contribution in [1.29, 1.82) is 0 Å². The zero-order chi connectivity index (χ0) is 16.8. The molecule has 0 saturated carbocycles. The molecule has 126 valence electrons. The van der Waals surface area contributed by atoms with Crippen LogP contribution < -0.4 is 14.8 Å². The third-order valence-electron chi connectivity index (χ3n) is 4.13. The van der Waals surface area contributed by atoms with Crippen molar-refractivity contribution in [3.05, 3.63) is 47.8 Å². The minimum atomic E-state index is -0.249. The van der Waals surface area contributed by atoms with Gasteiger partial charge in [-0.3, -0.25) is 5.10 Å². The average Bonchev–Trinajstić information content (AvgIpc) is 3.16. The largest absolute Gasteiger partial charge is 0.486 e. The van der Waals surface area contributed by atoms with Gasteiger partial charge in [-0.05, 0) is 6.07 Å². The third kappa shape index (κ3) is 2.34. The second-order valence-corrected chi connectivity index (χ2v) is 5.75. The molecule has 1 aliphatic rings. The maximum atomic E-state index is 13.7. The molecule has 0 atom stereocenters. The fourth-order valence-electron chi connectivity index (χ4n) is 2.92. The molecule has 2 aromatic carbocycles. The van der Waals surface area contributed by atoms with Crippen LogP contribution in [0.15, 0.2) is 36.4 Å². The number of rotatable bonds is 3. The smallest absolute Gasteiger partial charge is 0.253 e. The van der Waals surface area contributed by atoms with Crippen LogP contribution in [0.5, 0.6) is 11.5 Å². The van der Waals surface area contributed by atoms with Gasteiger partial charge < -0.3 is 14.8 Å². The number of nitrogens with zero attached hydrogens (tertiary/aromatic N) is 3. The van der Waals surface area contributed by atoms with Crippen molar-refractivity contribution in [3.8, 4) is 11.5 Å². The van der Waals surface area contributed by atoms with E-state index in [4.69, 9.17) is 9.47 Å². The number of aromatic amines is 1. The number of nitrogens with one attached hydrogen (secondary N) is 2. The van der Waals surface area contributed by atoms with Crippen LogP contribution >= 0.6 is 0 Å². The molecule has 4 aromatic rings. The van der Waals surface area contributed by atoms with Crippen LogP contribution in [0, 0.1) is 5.82 Å². The van der Waals surface area contributed by atoms with Gasteiger partial charge in [0.15, 0.2) is 11.5 Å². The zero-order valence-electron chi connectivity index (χ0n) is 13.1. The van der Waals surface area contributed by atoms with E-state index in [-0.39, 0.29) is 5.82 Å². The van der Waals surface area contributed by atoms with E-state index in [9.17, 15) is 4.39 Å². The predicted molar refractivity (Wildman–Crippen MR) is 89.6 cm³/mol. The topological polar surface area (TPSA) is 76.5 Å². The summed E-state index contributed by atoms with van der Waals surface area (Å²) in [5.41, 5.74) is 2.18. The quantitative estimate of drug-likeness (QED) is 0.600. The summed E-state index contributed by atoms with van der Waals surface area (Å²) in [4.78, 5) is 8.89. The van der Waals surface area contributed by atoms with Gasteiger partial charge in [-0.1, -0.05) is 18.2 Å². The van der Waals surface area contributed by atoms with Crippen molar-refractivity contribution in [2.24, 2.45) is 0 Å². The molecule has 0 spiro atoms. The molecule has 0 radical (unpaired) electrons. The first kappa shape index (κ1) is 14.1. The molecule has 2 aromatic heterocycles. The summed E-state index contributed by atoms with van der Waals surface area (Å²) in [6.07, 6.45) is 0. The second-order valence-electron chi connectivity index (χ2n) is 5.75. The lowest BCUT2D eigenvalue weighted by atomic mass is 10.2. The van der Waals surface area contributed by atoms with Gasteiger partial charge in [0.05, 0.1) is 11.0 Å². The second kappa shape index (κ2) is 5.37. The summed E-state index contributed by atoms with van der Waals surface area (Å²) in [5.74, 6) is 2.17. The molecule has 5 rings (SSSR count). The van der Waals surface area contributed by atoms with Crippen molar-refractivity contribution in [1.82, 2.24) is 19.6 Å². The van der Waals surface area contributed by atoms with E-state index in [0.717, 1.165) is 11.0 Å². The molecule has 0 bridgehead atoms. The van der Waals surface area contributed by atoms with Gasteiger partial charge in [0.2, 0.25) is 5.95 Å². The van der Waals surface area contributed by atoms with Crippen LogP contribution in [0.2, 0.25) is 0 Å². The molecule has 7 nitrogen and oxygen atoms in total. The van der Waals surface area contributed by atoms with Gasteiger partial charge in [0.25, 0.3) is 5.78 Å². The molecule has 8 heteroatoms. The first-order valence-corrected chi connectivity index (χ1v) is 7.93. The Bertz CT molecular complexity index is 1090. The third-order valence-corrected chi connectivity index (χ3v) is 4.13. The highest BCUT2D eigenvalue weighted by Crippen LogP contribution is 2.34. The van der Waals surface area contributed by atoms with Gasteiger partial charge in [-0.15, -0.1) is 0 Å². The number of halogens is 1. The van der Waals surface area contributed by atoms with Crippen molar-refractivity contribution < 1.29 is 13.9 Å². The number of fused-ring (bicyclic) bond motifs is 4. The molecule has 0 unspecified atom stereocenters. The summed E-state index contributed by atoms with van der Waals surface area (Å²) < 4.78 is 26.6. The van der Waals surface area contributed by atoms with Crippen molar-refractivity contribution >= 4 is 22.8 Å². The van der Waals surface area contributed by atoms with Gasteiger partial charge in [0, 0.05) is 24.2 Å². The number of ether oxygens (including phenoxy) is 2. The fourth-order valence-corrected chi connectivity index (χ4v) is 2.92. The number of H-pyrrole nitrogens is 1. The van der Waals surface area contributed by atoms with Gasteiger partial charge in [-0.25, -0.2) is 13.9 Å². The van der Waals surface area contributed by atoms with E-state index >= 15 is 0 Å². The predicted octanol–water partition coefficient (Wildman–Crippen LogP) is 2.73. The number of benzene rings is 2. The molecule has 25 heavy (non-hydrogen) atoms. The van der Waals surface area contributed by atoms with E-state index in [1.807, 2.05) is 12.1 Å². The van der Waals surface area contributed by atoms with Gasteiger partial charge in [-0.2, -0.15) is 4.98 Å². The first-order chi connectivity index (χ1) is 12.3. The summed E-state index contributed by atoms with van der Waals surface area (Å²) in [7, 11) is 0. The van der Waals surface area contributed by atoms with Crippen LogP contribution in [0.3, 0.4) is 0 Å². The number of hydrogen-bond acceptors (Lipinski definition) is 5. The van der Waals surface area contributed by atoms with E-state index in [0.29, 0.717) is 48.5 Å². The molecule has 1 aliphatic heterocycles. The molecular formula is C17H14FN5O2. The molecule has 3 heterocycles. The number of imidazole rings is 1. The first-order valence-electron chi connectivity index (χ1n) is 7.93. The SMILES string of the molecule is Fc1ccccc1CNc1nc2nc3cc4c(cc3n2[nH]1)OCCO4. The number of aromatic nitrogens is 4. The Morgan fingerprint density at radius 2 is 1.92 bits per heavy atom. The van der Waals surface area contributed by atoms with E-state index in [1.165, 1.54) is 6.07 Å². The minimum absolute atomic E-state index is 0.249. The molecule has 0 aliphatic carbocycles. The molecule has 2 N–H and O–H groups in total. The van der Waals surface area contributed by atoms with E-state index < -0.39 is 0 Å². The van der Waals surface area contributed by atoms with Crippen LogP contribution in [0.4, 0.5) is 10.3 Å². The van der Waals surface area contributed by atoms with E-state index in [2.05, 4.69) is 20.4 Å². The number of hydrogen-bond donors (Lipinski definition) is 2. The normalized spacial score (nSPS) is 13.5. The monoisotopic (exact) mass is 339 g/mol. The highest BCUT2D eigenvalue weighted by Gasteiger charge is 2.17.